The molecule has 0 aromatic heterocycles. The van der Waals surface area contributed by atoms with Crippen LogP contribution in [0.25, 0.3) is 6.08 Å². The number of ether oxygens (including phenoxy) is 1. The van der Waals surface area contributed by atoms with Crippen molar-refractivity contribution in [3.63, 3.8) is 0 Å². The van der Waals surface area contributed by atoms with Crippen LogP contribution in [0.2, 0.25) is 0 Å². The summed E-state index contributed by atoms with van der Waals surface area (Å²) < 4.78 is 5.80. The Morgan fingerprint density at radius 1 is 0.897 bits per heavy atom. The summed E-state index contributed by atoms with van der Waals surface area (Å²) in [5.74, 6) is 0.946. The van der Waals surface area contributed by atoms with E-state index in [-0.39, 0.29) is 36.5 Å². The second-order valence-electron chi connectivity index (χ2n) is 7.30. The Bertz CT molecular complexity index is 722. The maximum Gasteiger partial charge on any atom is 0.161 e. The van der Waals surface area contributed by atoms with Crippen LogP contribution in [0.4, 0.5) is 0 Å². The van der Waals surface area contributed by atoms with E-state index in [0.29, 0.717) is 6.61 Å². The Hall–Kier alpha value is -1.85. The Morgan fingerprint density at radius 2 is 1.45 bits per heavy atom. The molecule has 0 saturated heterocycles. The zero-order chi connectivity index (χ0) is 19.6. The summed E-state index contributed by atoms with van der Waals surface area (Å²) in [6.45, 7) is 2.03. The fraction of sp³-hybridized carbons (Fsp3) is 0.348. The lowest BCUT2D eigenvalue weighted by Gasteiger charge is -2.22. The minimum atomic E-state index is -0.0280. The van der Waals surface area contributed by atoms with Crippen molar-refractivity contribution in [2.24, 2.45) is 5.92 Å². The molecule has 0 amide bonds. The number of ketones is 1. The molecule has 0 aliphatic heterocycles. The zero-order valence-corrected chi connectivity index (χ0v) is 19.2. The average Bonchev–Trinajstić information content (AvgIpc) is 2.65. The number of carbonyl (C=O) groups is 1. The average molecular weight is 439 g/mol. The van der Waals surface area contributed by atoms with Crippen molar-refractivity contribution in [1.82, 2.24) is 9.80 Å². The monoisotopic (exact) mass is 438 g/mol. The first kappa shape index (κ1) is 27.2. The summed E-state index contributed by atoms with van der Waals surface area (Å²) in [4.78, 5) is 16.7. The largest absolute Gasteiger partial charge is 0.489 e. The smallest absolute Gasteiger partial charge is 0.161 e. The summed E-state index contributed by atoms with van der Waals surface area (Å²) >= 11 is 0. The number of rotatable bonds is 10. The highest BCUT2D eigenvalue weighted by Gasteiger charge is 2.17. The molecule has 0 heterocycles. The van der Waals surface area contributed by atoms with Crippen molar-refractivity contribution < 1.29 is 9.53 Å². The highest BCUT2D eigenvalue weighted by atomic mass is 35.5. The Morgan fingerprint density at radius 3 is 1.97 bits per heavy atom. The van der Waals surface area contributed by atoms with Crippen LogP contribution in [0.5, 0.6) is 5.75 Å². The summed E-state index contributed by atoms with van der Waals surface area (Å²) in [5, 5.41) is 0. The predicted molar refractivity (Wildman–Crippen MR) is 126 cm³/mol. The molecule has 29 heavy (non-hydrogen) atoms. The second kappa shape index (κ2) is 14.2. The molecule has 0 aliphatic rings. The van der Waals surface area contributed by atoms with Gasteiger partial charge in [0.15, 0.2) is 5.78 Å². The van der Waals surface area contributed by atoms with Crippen molar-refractivity contribution in [1.29, 1.82) is 0 Å². The molecule has 0 radical (unpaired) electrons. The van der Waals surface area contributed by atoms with Crippen LogP contribution in [0.15, 0.2) is 60.7 Å². The van der Waals surface area contributed by atoms with Crippen LogP contribution in [0.3, 0.4) is 0 Å². The van der Waals surface area contributed by atoms with Gasteiger partial charge in [-0.05, 0) is 57.5 Å². The topological polar surface area (TPSA) is 32.8 Å². The molecule has 0 atom stereocenters. The third-order valence-corrected chi connectivity index (χ3v) is 4.14. The van der Waals surface area contributed by atoms with E-state index in [0.717, 1.165) is 30.0 Å². The standard InChI is InChI=1S/C23H30N2O2.2ClH/c1-24(2)16-21(17-25(3)4)23(26)15-12-19-10-13-22(14-11-19)27-18-20-8-6-5-7-9-20;;/h5-15,21H,16-18H2,1-4H3;2*1H/b15-12+;;. The number of hydrogen-bond donors (Lipinski definition) is 0. The van der Waals surface area contributed by atoms with Crippen LogP contribution in [0.1, 0.15) is 11.1 Å². The van der Waals surface area contributed by atoms with Gasteiger partial charge in [0.25, 0.3) is 0 Å². The third-order valence-electron chi connectivity index (χ3n) is 4.14. The van der Waals surface area contributed by atoms with Gasteiger partial charge in [-0.3, -0.25) is 4.79 Å². The maximum atomic E-state index is 12.5. The van der Waals surface area contributed by atoms with E-state index in [2.05, 4.69) is 9.80 Å². The molecule has 0 aliphatic carbocycles. The summed E-state index contributed by atoms with van der Waals surface area (Å²) in [5.41, 5.74) is 2.13. The second-order valence-corrected chi connectivity index (χ2v) is 7.30. The Labute approximate surface area is 187 Å². The first-order valence-electron chi connectivity index (χ1n) is 9.22. The van der Waals surface area contributed by atoms with Gasteiger partial charge in [0.2, 0.25) is 0 Å². The molecule has 2 aromatic rings. The summed E-state index contributed by atoms with van der Waals surface area (Å²) in [6.07, 6.45) is 3.57. The Balaban J connectivity index is 0.00000392. The normalized spacial score (nSPS) is 10.9. The first-order valence-corrected chi connectivity index (χ1v) is 9.22. The quantitative estimate of drug-likeness (QED) is 0.513. The Kier molecular flexibility index (Phi) is 13.3. The van der Waals surface area contributed by atoms with Crippen molar-refractivity contribution in [2.45, 2.75) is 6.61 Å². The minimum Gasteiger partial charge on any atom is -0.489 e. The number of carbonyl (C=O) groups excluding carboxylic acids is 1. The van der Waals surface area contributed by atoms with E-state index in [1.165, 1.54) is 0 Å². The molecule has 0 unspecified atom stereocenters. The number of benzene rings is 2. The summed E-state index contributed by atoms with van der Waals surface area (Å²) in [7, 11) is 7.98. The minimum absolute atomic E-state index is 0. The number of halogens is 2. The third kappa shape index (κ3) is 10.5. The molecular formula is C23H32Cl2N2O2. The van der Waals surface area contributed by atoms with Crippen molar-refractivity contribution in [3.8, 4) is 5.75 Å². The maximum absolute atomic E-state index is 12.5. The first-order chi connectivity index (χ1) is 12.9. The molecule has 0 spiro atoms. The van der Waals surface area contributed by atoms with Crippen LogP contribution in [-0.4, -0.2) is 56.9 Å². The molecule has 0 saturated carbocycles. The van der Waals surface area contributed by atoms with Gasteiger partial charge in [0.05, 0.1) is 0 Å². The van der Waals surface area contributed by atoms with E-state index in [1.54, 1.807) is 6.08 Å². The van der Waals surface area contributed by atoms with Gasteiger partial charge >= 0.3 is 0 Å². The van der Waals surface area contributed by atoms with E-state index < -0.39 is 0 Å². The number of nitrogens with zero attached hydrogens (tertiary/aromatic N) is 2. The van der Waals surface area contributed by atoms with E-state index in [9.17, 15) is 4.79 Å². The van der Waals surface area contributed by atoms with E-state index >= 15 is 0 Å². The lowest BCUT2D eigenvalue weighted by Crippen LogP contribution is -2.34. The van der Waals surface area contributed by atoms with E-state index in [1.807, 2.05) is 88.9 Å². The van der Waals surface area contributed by atoms with Gasteiger partial charge in [-0.1, -0.05) is 48.5 Å². The molecule has 2 aromatic carbocycles. The van der Waals surface area contributed by atoms with Gasteiger partial charge in [-0.15, -0.1) is 24.8 Å². The lowest BCUT2D eigenvalue weighted by atomic mass is 10.0. The van der Waals surface area contributed by atoms with Gasteiger partial charge in [0, 0.05) is 19.0 Å². The SMILES string of the molecule is CN(C)CC(CN(C)C)C(=O)/C=C/c1ccc(OCc2ccccc2)cc1.Cl.Cl. The molecule has 0 N–H and O–H groups in total. The number of hydrogen-bond acceptors (Lipinski definition) is 4. The molecule has 160 valence electrons. The van der Waals surface area contributed by atoms with E-state index in [4.69, 9.17) is 4.74 Å². The van der Waals surface area contributed by atoms with Crippen molar-refractivity contribution in [2.75, 3.05) is 41.3 Å². The molecular weight excluding hydrogens is 407 g/mol. The van der Waals surface area contributed by atoms with Crippen LogP contribution in [0, 0.1) is 5.92 Å². The van der Waals surface area contributed by atoms with Crippen LogP contribution < -0.4 is 4.74 Å². The predicted octanol–water partition coefficient (Wildman–Crippen LogP) is 4.43. The molecule has 6 heteroatoms. The molecule has 0 bridgehead atoms. The fourth-order valence-corrected chi connectivity index (χ4v) is 2.85. The summed E-state index contributed by atoms with van der Waals surface area (Å²) in [6, 6.07) is 17.9. The van der Waals surface area contributed by atoms with Crippen molar-refractivity contribution in [3.05, 3.63) is 71.8 Å². The van der Waals surface area contributed by atoms with Crippen LogP contribution in [-0.2, 0) is 11.4 Å². The van der Waals surface area contributed by atoms with Crippen LogP contribution >= 0.6 is 24.8 Å². The highest BCUT2D eigenvalue weighted by molar-refractivity contribution is 5.95. The number of allylic oxidation sites excluding steroid dienone is 1. The zero-order valence-electron chi connectivity index (χ0n) is 17.6. The lowest BCUT2D eigenvalue weighted by molar-refractivity contribution is -0.119. The fourth-order valence-electron chi connectivity index (χ4n) is 2.85. The molecule has 0 fully saturated rings. The van der Waals surface area contributed by atoms with Crippen molar-refractivity contribution >= 4 is 36.7 Å². The molecule has 4 nitrogen and oxygen atoms in total. The molecule has 2 rings (SSSR count). The van der Waals surface area contributed by atoms with Gasteiger partial charge in [-0.25, -0.2) is 0 Å². The van der Waals surface area contributed by atoms with Gasteiger partial charge in [0.1, 0.15) is 12.4 Å². The highest BCUT2D eigenvalue weighted by Crippen LogP contribution is 2.15. The van der Waals surface area contributed by atoms with Gasteiger partial charge < -0.3 is 14.5 Å². The van der Waals surface area contributed by atoms with Gasteiger partial charge in [-0.2, -0.15) is 0 Å².